The predicted octanol–water partition coefficient (Wildman–Crippen LogP) is 3.92. The quantitative estimate of drug-likeness (QED) is 0.562. The van der Waals surface area contributed by atoms with E-state index < -0.39 is 15.9 Å². The number of para-hydroxylation sites is 1. The van der Waals surface area contributed by atoms with Crippen molar-refractivity contribution in [2.75, 3.05) is 11.3 Å². The molecule has 3 aromatic carbocycles. The van der Waals surface area contributed by atoms with Crippen molar-refractivity contribution in [1.82, 2.24) is 0 Å². The van der Waals surface area contributed by atoms with Crippen molar-refractivity contribution in [3.63, 3.8) is 0 Å². The zero-order chi connectivity index (χ0) is 20.1. The number of hydrogen-bond donors (Lipinski definition) is 2. The van der Waals surface area contributed by atoms with Crippen LogP contribution in [-0.4, -0.2) is 20.9 Å². The first-order chi connectivity index (χ1) is 13.4. The van der Waals surface area contributed by atoms with E-state index >= 15 is 0 Å². The highest BCUT2D eigenvalue weighted by atomic mass is 32.2. The fourth-order valence-corrected chi connectivity index (χ4v) is 3.90. The number of carbonyl (C=O) groups excluding carboxylic acids is 1. The molecule has 7 heteroatoms. The molecule has 0 bridgehead atoms. The Bertz CT molecular complexity index is 1110. The first-order valence-corrected chi connectivity index (χ1v) is 10.5. The van der Waals surface area contributed by atoms with Gasteiger partial charge in [0.25, 0.3) is 15.9 Å². The molecular formula is C21H22N2O4S. The molecule has 0 aliphatic rings. The zero-order valence-electron chi connectivity index (χ0n) is 15.5. The molecule has 0 unspecified atom stereocenters. The number of nitrogens with two attached hydrogens (primary N) is 1. The fraction of sp³-hybridized carbons (Fsp3) is 0.190. The summed E-state index contributed by atoms with van der Waals surface area (Å²) in [6.07, 6.45) is 2.04. The Morgan fingerprint density at radius 3 is 2.50 bits per heavy atom. The van der Waals surface area contributed by atoms with Crippen LogP contribution < -0.4 is 15.2 Å². The Hall–Kier alpha value is -3.06. The molecule has 0 saturated carbocycles. The van der Waals surface area contributed by atoms with E-state index in [0.29, 0.717) is 6.61 Å². The van der Waals surface area contributed by atoms with Crippen LogP contribution in [0, 0.1) is 0 Å². The lowest BCUT2D eigenvalue weighted by Crippen LogP contribution is -2.18. The summed E-state index contributed by atoms with van der Waals surface area (Å²) in [5, 5.41) is 1.65. The van der Waals surface area contributed by atoms with E-state index in [1.165, 1.54) is 18.2 Å². The van der Waals surface area contributed by atoms with Gasteiger partial charge in [0.1, 0.15) is 5.75 Å². The number of carbonyl (C=O) groups is 1. The zero-order valence-corrected chi connectivity index (χ0v) is 16.3. The van der Waals surface area contributed by atoms with Crippen LogP contribution >= 0.6 is 0 Å². The minimum Gasteiger partial charge on any atom is -0.494 e. The molecule has 0 aliphatic heterocycles. The molecule has 0 radical (unpaired) electrons. The molecular weight excluding hydrogens is 376 g/mol. The third-order valence-corrected chi connectivity index (χ3v) is 5.66. The molecule has 0 spiro atoms. The largest absolute Gasteiger partial charge is 0.494 e. The molecule has 6 nitrogen and oxygen atoms in total. The van der Waals surface area contributed by atoms with Gasteiger partial charge in [0.2, 0.25) is 0 Å². The van der Waals surface area contributed by atoms with Gasteiger partial charge < -0.3 is 10.5 Å². The Kier molecular flexibility index (Phi) is 5.84. The number of hydrogen-bond acceptors (Lipinski definition) is 4. The van der Waals surface area contributed by atoms with Crippen molar-refractivity contribution in [3.05, 3.63) is 66.2 Å². The Morgan fingerprint density at radius 2 is 1.75 bits per heavy atom. The number of ether oxygens (including phenoxy) is 1. The number of anilines is 1. The summed E-state index contributed by atoms with van der Waals surface area (Å²) in [7, 11) is -3.88. The standard InChI is InChI=1S/C21H22N2O4S/c1-2-3-12-27-17-10-8-16-14-18(11-9-15(16)13-17)28(25,26)23-20-7-5-4-6-19(20)21(22)24/h4-11,13-14,23H,2-3,12H2,1H3,(H2,22,24). The lowest BCUT2D eigenvalue weighted by Gasteiger charge is -2.12. The van der Waals surface area contributed by atoms with Crippen LogP contribution in [0.3, 0.4) is 0 Å². The summed E-state index contributed by atoms with van der Waals surface area (Å²) >= 11 is 0. The predicted molar refractivity (Wildman–Crippen MR) is 110 cm³/mol. The number of nitrogens with one attached hydrogen (secondary N) is 1. The van der Waals surface area contributed by atoms with Crippen molar-refractivity contribution in [3.8, 4) is 5.75 Å². The average molecular weight is 398 g/mol. The molecule has 3 rings (SSSR count). The number of fused-ring (bicyclic) bond motifs is 1. The highest BCUT2D eigenvalue weighted by Gasteiger charge is 2.18. The van der Waals surface area contributed by atoms with Gasteiger partial charge in [-0.2, -0.15) is 0 Å². The first-order valence-electron chi connectivity index (χ1n) is 8.99. The van der Waals surface area contributed by atoms with Crippen molar-refractivity contribution in [1.29, 1.82) is 0 Å². The molecule has 3 aromatic rings. The van der Waals surface area contributed by atoms with E-state index in [1.807, 2.05) is 18.2 Å². The van der Waals surface area contributed by atoms with E-state index in [9.17, 15) is 13.2 Å². The minimum atomic E-state index is -3.88. The average Bonchev–Trinajstić information content (AvgIpc) is 2.67. The Morgan fingerprint density at radius 1 is 1.04 bits per heavy atom. The van der Waals surface area contributed by atoms with Gasteiger partial charge >= 0.3 is 0 Å². The molecule has 0 aromatic heterocycles. The summed E-state index contributed by atoms with van der Waals surface area (Å²) in [6.45, 7) is 2.75. The minimum absolute atomic E-state index is 0.0962. The van der Waals surface area contributed by atoms with Gasteiger partial charge in [0.15, 0.2) is 0 Å². The molecule has 0 atom stereocenters. The van der Waals surface area contributed by atoms with E-state index in [1.54, 1.807) is 24.3 Å². The number of unbranched alkanes of at least 4 members (excludes halogenated alkanes) is 1. The highest BCUT2D eigenvalue weighted by molar-refractivity contribution is 7.92. The second kappa shape index (κ2) is 8.31. The monoisotopic (exact) mass is 398 g/mol. The first kappa shape index (κ1) is 19.7. The third-order valence-electron chi connectivity index (χ3n) is 4.30. The van der Waals surface area contributed by atoms with Crippen LogP contribution in [0.2, 0.25) is 0 Å². The molecule has 0 saturated heterocycles. The van der Waals surface area contributed by atoms with Crippen LogP contribution in [0.5, 0.6) is 5.75 Å². The Balaban J connectivity index is 1.88. The summed E-state index contributed by atoms with van der Waals surface area (Å²) < 4.78 is 33.7. The van der Waals surface area contributed by atoms with Gasteiger partial charge in [-0.3, -0.25) is 9.52 Å². The smallest absolute Gasteiger partial charge is 0.261 e. The van der Waals surface area contributed by atoms with Crippen molar-refractivity contribution >= 4 is 32.4 Å². The van der Waals surface area contributed by atoms with Gasteiger partial charge in [-0.1, -0.05) is 37.6 Å². The molecule has 0 fully saturated rings. The fourth-order valence-electron chi connectivity index (χ4n) is 2.78. The van der Waals surface area contributed by atoms with Gasteiger partial charge in [-0.15, -0.1) is 0 Å². The molecule has 28 heavy (non-hydrogen) atoms. The highest BCUT2D eigenvalue weighted by Crippen LogP contribution is 2.26. The maximum atomic E-state index is 12.8. The third kappa shape index (κ3) is 4.43. The van der Waals surface area contributed by atoms with Crippen LogP contribution in [0.25, 0.3) is 10.8 Å². The SMILES string of the molecule is CCCCOc1ccc2cc(S(=O)(=O)Nc3ccccc3C(N)=O)ccc2c1. The second-order valence-corrected chi connectivity index (χ2v) is 8.07. The van der Waals surface area contributed by atoms with Crippen molar-refractivity contribution in [2.45, 2.75) is 24.7 Å². The maximum absolute atomic E-state index is 12.8. The topological polar surface area (TPSA) is 98.5 Å². The van der Waals surface area contributed by atoms with Gasteiger partial charge in [0.05, 0.1) is 22.8 Å². The summed E-state index contributed by atoms with van der Waals surface area (Å²) in [5.74, 6) is 0.0532. The van der Waals surface area contributed by atoms with Crippen molar-refractivity contribution < 1.29 is 17.9 Å². The van der Waals surface area contributed by atoms with Crippen LogP contribution in [0.4, 0.5) is 5.69 Å². The van der Waals surface area contributed by atoms with Gasteiger partial charge in [-0.25, -0.2) is 8.42 Å². The summed E-state index contributed by atoms with van der Waals surface area (Å²) in [4.78, 5) is 11.6. The molecule has 0 aliphatic carbocycles. The lowest BCUT2D eigenvalue weighted by molar-refractivity contribution is 0.100. The van der Waals surface area contributed by atoms with E-state index in [4.69, 9.17) is 10.5 Å². The lowest BCUT2D eigenvalue weighted by atomic mass is 10.1. The van der Waals surface area contributed by atoms with E-state index in [-0.39, 0.29) is 16.1 Å². The van der Waals surface area contributed by atoms with Crippen molar-refractivity contribution in [2.24, 2.45) is 5.73 Å². The van der Waals surface area contributed by atoms with Gasteiger partial charge in [-0.05, 0) is 53.6 Å². The Labute approximate surface area is 164 Å². The van der Waals surface area contributed by atoms with Crippen LogP contribution in [0.1, 0.15) is 30.1 Å². The number of sulfonamides is 1. The molecule has 3 N–H and O–H groups in total. The van der Waals surface area contributed by atoms with Crippen LogP contribution in [-0.2, 0) is 10.0 Å². The maximum Gasteiger partial charge on any atom is 0.261 e. The molecule has 1 amide bonds. The normalized spacial score (nSPS) is 11.3. The number of benzene rings is 3. The van der Waals surface area contributed by atoms with Crippen LogP contribution in [0.15, 0.2) is 65.6 Å². The van der Waals surface area contributed by atoms with Gasteiger partial charge in [0, 0.05) is 0 Å². The summed E-state index contributed by atoms with van der Waals surface area (Å²) in [6, 6.07) is 16.6. The number of rotatable bonds is 8. The summed E-state index contributed by atoms with van der Waals surface area (Å²) in [5.41, 5.74) is 5.58. The molecule has 0 heterocycles. The number of primary amides is 1. The molecule has 146 valence electrons. The number of amides is 1. The van der Waals surface area contributed by atoms with E-state index in [0.717, 1.165) is 29.4 Å². The second-order valence-electron chi connectivity index (χ2n) is 6.39. The van der Waals surface area contributed by atoms with E-state index in [2.05, 4.69) is 11.6 Å².